The molecule has 1 aliphatic rings. The minimum Gasteiger partial charge on any atom is -0.352 e. The smallest absolute Gasteiger partial charge is 0.264 e. The fraction of sp³-hybridized carbons (Fsp3) is 0.297. The lowest BCUT2D eigenvalue weighted by Crippen LogP contribution is -2.55. The van der Waals surface area contributed by atoms with Crippen LogP contribution in [-0.4, -0.2) is 43.8 Å². The van der Waals surface area contributed by atoms with Crippen LogP contribution in [0.4, 0.5) is 5.69 Å². The molecule has 1 fully saturated rings. The van der Waals surface area contributed by atoms with Gasteiger partial charge in [-0.05, 0) is 66.8 Å². The molecular weight excluding hydrogens is 653 g/mol. The van der Waals surface area contributed by atoms with Gasteiger partial charge in [-0.2, -0.15) is 0 Å². The van der Waals surface area contributed by atoms with Gasteiger partial charge in [0.25, 0.3) is 10.0 Å². The van der Waals surface area contributed by atoms with Crippen molar-refractivity contribution in [2.75, 3.05) is 10.8 Å². The number of halogens is 2. The van der Waals surface area contributed by atoms with Crippen LogP contribution in [0.1, 0.15) is 48.8 Å². The average Bonchev–Trinajstić information content (AvgIpc) is 3.08. The Morgan fingerprint density at radius 1 is 0.809 bits per heavy atom. The Morgan fingerprint density at radius 3 is 2.11 bits per heavy atom. The van der Waals surface area contributed by atoms with E-state index in [1.165, 1.54) is 17.0 Å². The first-order valence-corrected chi connectivity index (χ1v) is 18.0. The van der Waals surface area contributed by atoms with Crippen LogP contribution in [-0.2, 0) is 32.6 Å². The van der Waals surface area contributed by atoms with E-state index in [9.17, 15) is 18.0 Å². The fourth-order valence-corrected chi connectivity index (χ4v) is 7.83. The van der Waals surface area contributed by atoms with E-state index in [-0.39, 0.29) is 29.8 Å². The highest BCUT2D eigenvalue weighted by atomic mass is 35.5. The summed E-state index contributed by atoms with van der Waals surface area (Å²) in [5.74, 6) is -0.805. The standard InChI is InChI=1S/C37H39Cl2N3O4S/c1-27-13-11-12-20-34(27)42(47(45,46)31-18-9-4-10-19-31)26-36(43)41(25-29-21-22-32(38)33(39)23-29)35(24-28-14-5-2-6-15-28)37(44)40-30-16-7-3-8-17-30/h2,4-6,9-15,18-23,30,35H,3,7-8,16-17,24-26H2,1H3,(H,40,44). The molecule has 0 aliphatic heterocycles. The molecule has 0 saturated heterocycles. The molecule has 4 aromatic carbocycles. The Kier molecular flexibility index (Phi) is 11.6. The van der Waals surface area contributed by atoms with E-state index < -0.39 is 28.5 Å². The number of carbonyl (C=O) groups is 2. The maximum Gasteiger partial charge on any atom is 0.264 e. The second-order valence-electron chi connectivity index (χ2n) is 11.9. The summed E-state index contributed by atoms with van der Waals surface area (Å²) in [7, 11) is -4.17. The Bertz CT molecular complexity index is 1780. The first kappa shape index (κ1) is 34.5. The summed E-state index contributed by atoms with van der Waals surface area (Å²) in [6.07, 6.45) is 5.18. The molecule has 5 rings (SSSR count). The maximum atomic E-state index is 14.7. The molecule has 1 saturated carbocycles. The molecule has 1 N–H and O–H groups in total. The zero-order chi connectivity index (χ0) is 33.4. The molecular formula is C37H39Cl2N3O4S. The Hall–Kier alpha value is -3.85. The van der Waals surface area contributed by atoms with Crippen LogP contribution < -0.4 is 9.62 Å². The molecule has 0 heterocycles. The molecule has 0 aromatic heterocycles. The van der Waals surface area contributed by atoms with Crippen LogP contribution in [0.25, 0.3) is 0 Å². The van der Waals surface area contributed by atoms with Crippen LogP contribution in [0, 0.1) is 6.92 Å². The normalized spacial score (nSPS) is 14.3. The predicted octanol–water partition coefficient (Wildman–Crippen LogP) is 7.59. The summed E-state index contributed by atoms with van der Waals surface area (Å²) in [5, 5.41) is 3.90. The zero-order valence-corrected chi connectivity index (χ0v) is 28.6. The van der Waals surface area contributed by atoms with Gasteiger partial charge in [-0.25, -0.2) is 8.42 Å². The van der Waals surface area contributed by atoms with Crippen molar-refractivity contribution in [3.05, 3.63) is 130 Å². The van der Waals surface area contributed by atoms with Crippen LogP contribution in [0.2, 0.25) is 10.0 Å². The van der Waals surface area contributed by atoms with Gasteiger partial charge in [0, 0.05) is 19.0 Å². The van der Waals surface area contributed by atoms with Gasteiger partial charge in [0.05, 0.1) is 20.6 Å². The molecule has 0 radical (unpaired) electrons. The minimum absolute atomic E-state index is 0.0122. The van der Waals surface area contributed by atoms with Crippen LogP contribution >= 0.6 is 23.2 Å². The number of hydrogen-bond donors (Lipinski definition) is 1. The number of sulfonamides is 1. The summed E-state index contributed by atoms with van der Waals surface area (Å²) in [4.78, 5) is 30.4. The number of benzene rings is 4. The topological polar surface area (TPSA) is 86.8 Å². The van der Waals surface area contributed by atoms with Gasteiger partial charge < -0.3 is 10.2 Å². The van der Waals surface area contributed by atoms with E-state index in [1.54, 1.807) is 61.5 Å². The molecule has 4 aromatic rings. The molecule has 1 unspecified atom stereocenters. The van der Waals surface area contributed by atoms with Gasteiger partial charge >= 0.3 is 0 Å². The van der Waals surface area contributed by atoms with E-state index >= 15 is 0 Å². The Balaban J connectivity index is 1.58. The van der Waals surface area contributed by atoms with Crippen molar-refractivity contribution in [2.24, 2.45) is 0 Å². The third kappa shape index (κ3) is 8.74. The van der Waals surface area contributed by atoms with Crippen molar-refractivity contribution in [3.8, 4) is 0 Å². The number of rotatable bonds is 12. The SMILES string of the molecule is Cc1ccccc1N(CC(=O)N(Cc1ccc(Cl)c(Cl)c1)C(Cc1ccccc1)C(=O)NC1CCCCC1)S(=O)(=O)c1ccccc1. The number of nitrogens with one attached hydrogen (secondary N) is 1. The number of anilines is 1. The average molecular weight is 693 g/mol. The van der Waals surface area contributed by atoms with Gasteiger partial charge in [-0.3, -0.25) is 13.9 Å². The van der Waals surface area contributed by atoms with Gasteiger partial charge in [0.1, 0.15) is 12.6 Å². The highest BCUT2D eigenvalue weighted by molar-refractivity contribution is 7.92. The summed E-state index contributed by atoms with van der Waals surface area (Å²) in [6.45, 7) is 1.29. The second-order valence-corrected chi connectivity index (χ2v) is 14.6. The molecule has 1 aliphatic carbocycles. The van der Waals surface area contributed by atoms with Crippen molar-refractivity contribution in [2.45, 2.75) is 69.0 Å². The summed E-state index contributed by atoms with van der Waals surface area (Å²) in [5.41, 5.74) is 2.60. The molecule has 0 bridgehead atoms. The van der Waals surface area contributed by atoms with E-state index in [4.69, 9.17) is 23.2 Å². The van der Waals surface area contributed by atoms with Crippen molar-refractivity contribution >= 4 is 50.7 Å². The molecule has 47 heavy (non-hydrogen) atoms. The Morgan fingerprint density at radius 2 is 1.45 bits per heavy atom. The van der Waals surface area contributed by atoms with E-state index in [0.29, 0.717) is 26.9 Å². The second kappa shape index (κ2) is 15.8. The van der Waals surface area contributed by atoms with Crippen molar-refractivity contribution in [1.82, 2.24) is 10.2 Å². The predicted molar refractivity (Wildman–Crippen MR) is 188 cm³/mol. The van der Waals surface area contributed by atoms with E-state index in [0.717, 1.165) is 42.0 Å². The van der Waals surface area contributed by atoms with Crippen LogP contribution in [0.15, 0.2) is 108 Å². The van der Waals surface area contributed by atoms with Crippen LogP contribution in [0.5, 0.6) is 0 Å². The molecule has 10 heteroatoms. The quantitative estimate of drug-likeness (QED) is 0.166. The lowest BCUT2D eigenvalue weighted by molar-refractivity contribution is -0.140. The van der Waals surface area contributed by atoms with Gasteiger partial charge in [0.15, 0.2) is 0 Å². The van der Waals surface area contributed by atoms with Gasteiger partial charge in [0.2, 0.25) is 11.8 Å². The molecule has 1 atom stereocenters. The summed E-state index contributed by atoms with van der Waals surface area (Å²) >= 11 is 12.6. The Labute approximate surface area is 287 Å². The number of hydrogen-bond acceptors (Lipinski definition) is 4. The van der Waals surface area contributed by atoms with Gasteiger partial charge in [-0.1, -0.05) is 115 Å². The zero-order valence-electron chi connectivity index (χ0n) is 26.3. The number of nitrogens with zero attached hydrogens (tertiary/aromatic N) is 2. The molecule has 0 spiro atoms. The van der Waals surface area contributed by atoms with Crippen LogP contribution in [0.3, 0.4) is 0 Å². The fourth-order valence-electron chi connectivity index (χ4n) is 6.01. The maximum absolute atomic E-state index is 14.7. The number of amides is 2. The van der Waals surface area contributed by atoms with E-state index in [1.807, 2.05) is 36.4 Å². The van der Waals surface area contributed by atoms with Crippen molar-refractivity contribution in [1.29, 1.82) is 0 Å². The monoisotopic (exact) mass is 691 g/mol. The first-order chi connectivity index (χ1) is 22.6. The minimum atomic E-state index is -4.17. The molecule has 246 valence electrons. The highest BCUT2D eigenvalue weighted by Gasteiger charge is 2.35. The van der Waals surface area contributed by atoms with Crippen molar-refractivity contribution < 1.29 is 18.0 Å². The molecule has 2 amide bonds. The van der Waals surface area contributed by atoms with E-state index in [2.05, 4.69) is 5.32 Å². The lowest BCUT2D eigenvalue weighted by Gasteiger charge is -2.35. The summed E-state index contributed by atoms with van der Waals surface area (Å²) < 4.78 is 29.5. The third-order valence-corrected chi connectivity index (χ3v) is 11.1. The van der Waals surface area contributed by atoms with Gasteiger partial charge in [-0.15, -0.1) is 0 Å². The molecule has 7 nitrogen and oxygen atoms in total. The number of carbonyl (C=O) groups excluding carboxylic acids is 2. The number of aryl methyl sites for hydroxylation is 1. The van der Waals surface area contributed by atoms with Crippen molar-refractivity contribution in [3.63, 3.8) is 0 Å². The largest absolute Gasteiger partial charge is 0.352 e. The first-order valence-electron chi connectivity index (χ1n) is 15.8. The summed E-state index contributed by atoms with van der Waals surface area (Å²) in [6, 6.07) is 28.8. The third-order valence-electron chi connectivity index (χ3n) is 8.55. The lowest BCUT2D eigenvalue weighted by atomic mass is 9.94. The highest BCUT2D eigenvalue weighted by Crippen LogP contribution is 2.29. The number of para-hydroxylation sites is 1.